The molecule has 0 saturated heterocycles. The predicted molar refractivity (Wildman–Crippen MR) is 85.7 cm³/mol. The highest BCUT2D eigenvalue weighted by molar-refractivity contribution is 6.43. The number of anilines is 1. The number of aromatic nitrogens is 1. The number of nitrogens with one attached hydrogen (secondary N) is 2. The lowest BCUT2D eigenvalue weighted by atomic mass is 10.3. The van der Waals surface area contributed by atoms with Crippen LogP contribution in [-0.4, -0.2) is 17.4 Å². The Morgan fingerprint density at radius 3 is 2.76 bits per heavy atom. The van der Waals surface area contributed by atoms with Crippen LogP contribution in [-0.2, 0) is 11.3 Å². The summed E-state index contributed by atoms with van der Waals surface area (Å²) in [6.45, 7) is 1.19. The molecule has 6 heteroatoms. The summed E-state index contributed by atoms with van der Waals surface area (Å²) in [6, 6.07) is 10.9. The van der Waals surface area contributed by atoms with Gasteiger partial charge in [-0.05, 0) is 24.3 Å². The molecule has 2 N–H and O–H groups in total. The highest BCUT2D eigenvalue weighted by Crippen LogP contribution is 2.29. The van der Waals surface area contributed by atoms with Crippen molar-refractivity contribution in [2.45, 2.75) is 13.0 Å². The van der Waals surface area contributed by atoms with Crippen LogP contribution in [0.2, 0.25) is 10.0 Å². The van der Waals surface area contributed by atoms with E-state index in [4.69, 9.17) is 23.2 Å². The van der Waals surface area contributed by atoms with E-state index in [2.05, 4.69) is 15.6 Å². The third-order valence-corrected chi connectivity index (χ3v) is 3.61. The summed E-state index contributed by atoms with van der Waals surface area (Å²) in [5.74, 6) is -0.118. The summed E-state index contributed by atoms with van der Waals surface area (Å²) in [7, 11) is 0. The molecule has 2 aromatic rings. The normalized spacial score (nSPS) is 10.4. The molecule has 4 nitrogen and oxygen atoms in total. The van der Waals surface area contributed by atoms with Crippen LogP contribution in [0.4, 0.5) is 5.69 Å². The van der Waals surface area contributed by atoms with E-state index in [-0.39, 0.29) is 5.91 Å². The van der Waals surface area contributed by atoms with Crippen molar-refractivity contribution in [2.24, 2.45) is 0 Å². The number of rotatable bonds is 6. The smallest absolute Gasteiger partial charge is 0.225 e. The maximum Gasteiger partial charge on any atom is 0.225 e. The first-order valence-electron chi connectivity index (χ1n) is 6.51. The van der Waals surface area contributed by atoms with Gasteiger partial charge < -0.3 is 10.6 Å². The summed E-state index contributed by atoms with van der Waals surface area (Å²) in [5, 5.41) is 6.68. The van der Waals surface area contributed by atoms with Gasteiger partial charge in [-0.15, -0.1) is 0 Å². The lowest BCUT2D eigenvalue weighted by Crippen LogP contribution is -2.22. The van der Waals surface area contributed by atoms with Gasteiger partial charge in [-0.2, -0.15) is 0 Å². The van der Waals surface area contributed by atoms with E-state index in [1.165, 1.54) is 0 Å². The van der Waals surface area contributed by atoms with Gasteiger partial charge in [-0.25, -0.2) is 0 Å². The van der Waals surface area contributed by atoms with Crippen LogP contribution in [0.5, 0.6) is 0 Å². The second-order valence-corrected chi connectivity index (χ2v) is 5.18. The molecule has 0 saturated carbocycles. The largest absolute Gasteiger partial charge is 0.325 e. The fourth-order valence-electron chi connectivity index (χ4n) is 1.73. The van der Waals surface area contributed by atoms with Gasteiger partial charge in [0.15, 0.2) is 0 Å². The number of nitrogens with zero attached hydrogens (tertiary/aromatic N) is 1. The van der Waals surface area contributed by atoms with Gasteiger partial charge in [-0.1, -0.05) is 35.3 Å². The van der Waals surface area contributed by atoms with E-state index >= 15 is 0 Å². The second kappa shape index (κ2) is 7.98. The summed E-state index contributed by atoms with van der Waals surface area (Å²) in [4.78, 5) is 16.0. The topological polar surface area (TPSA) is 54.0 Å². The van der Waals surface area contributed by atoms with E-state index in [1.54, 1.807) is 24.4 Å². The lowest BCUT2D eigenvalue weighted by Gasteiger charge is -2.08. The van der Waals surface area contributed by atoms with Crippen LogP contribution in [0.15, 0.2) is 42.6 Å². The third kappa shape index (κ3) is 5.01. The Bertz CT molecular complexity index is 605. The third-order valence-electron chi connectivity index (χ3n) is 2.79. The fourth-order valence-corrected chi connectivity index (χ4v) is 2.08. The van der Waals surface area contributed by atoms with Crippen molar-refractivity contribution in [3.05, 3.63) is 58.3 Å². The van der Waals surface area contributed by atoms with Crippen LogP contribution >= 0.6 is 23.2 Å². The zero-order valence-corrected chi connectivity index (χ0v) is 12.8. The lowest BCUT2D eigenvalue weighted by molar-refractivity contribution is -0.116. The van der Waals surface area contributed by atoms with E-state index in [1.807, 2.05) is 18.2 Å². The number of halogens is 2. The molecule has 110 valence electrons. The maximum atomic E-state index is 11.8. The fraction of sp³-hybridized carbons (Fsp3) is 0.200. The van der Waals surface area contributed by atoms with Crippen molar-refractivity contribution >= 4 is 34.8 Å². The molecular formula is C15H15Cl2N3O. The summed E-state index contributed by atoms with van der Waals surface area (Å²) < 4.78 is 0. The second-order valence-electron chi connectivity index (χ2n) is 4.40. The number of carbonyl (C=O) groups is 1. The molecule has 1 aromatic heterocycles. The van der Waals surface area contributed by atoms with E-state index in [9.17, 15) is 4.79 Å². The minimum absolute atomic E-state index is 0.118. The summed E-state index contributed by atoms with van der Waals surface area (Å²) in [5.41, 5.74) is 1.47. The maximum absolute atomic E-state index is 11.8. The van der Waals surface area contributed by atoms with Crippen molar-refractivity contribution in [3.8, 4) is 0 Å². The molecule has 2 rings (SSSR count). The first-order chi connectivity index (χ1) is 10.2. The molecule has 0 aliphatic heterocycles. The standard InChI is InChI=1S/C15H15Cl2N3O/c16-12-5-3-6-13(15(12)17)20-14(21)7-9-18-10-11-4-1-2-8-19-11/h1-6,8,18H,7,9-10H2,(H,20,21). The number of hydrogen-bond donors (Lipinski definition) is 2. The van der Waals surface area contributed by atoms with Crippen molar-refractivity contribution in [1.82, 2.24) is 10.3 Å². The van der Waals surface area contributed by atoms with Crippen LogP contribution in [0.1, 0.15) is 12.1 Å². The quantitative estimate of drug-likeness (QED) is 0.800. The Morgan fingerprint density at radius 2 is 2.00 bits per heavy atom. The molecule has 1 aromatic carbocycles. The van der Waals surface area contributed by atoms with Crippen LogP contribution in [0.3, 0.4) is 0 Å². The van der Waals surface area contributed by atoms with Gasteiger partial charge in [0, 0.05) is 25.7 Å². The van der Waals surface area contributed by atoms with Gasteiger partial charge in [0.05, 0.1) is 21.4 Å². The number of hydrogen-bond acceptors (Lipinski definition) is 3. The Labute approximate surface area is 133 Å². The molecule has 1 amide bonds. The number of carbonyl (C=O) groups excluding carboxylic acids is 1. The molecular weight excluding hydrogens is 309 g/mol. The average molecular weight is 324 g/mol. The zero-order chi connectivity index (χ0) is 15.1. The van der Waals surface area contributed by atoms with Crippen LogP contribution in [0.25, 0.3) is 0 Å². The molecule has 0 atom stereocenters. The van der Waals surface area contributed by atoms with Crippen molar-refractivity contribution in [3.63, 3.8) is 0 Å². The van der Waals surface area contributed by atoms with Crippen LogP contribution in [0, 0.1) is 0 Å². The molecule has 0 aliphatic rings. The van der Waals surface area contributed by atoms with Crippen molar-refractivity contribution in [1.29, 1.82) is 0 Å². The van der Waals surface area contributed by atoms with Crippen LogP contribution < -0.4 is 10.6 Å². The first-order valence-corrected chi connectivity index (χ1v) is 7.27. The Balaban J connectivity index is 1.74. The Morgan fingerprint density at radius 1 is 1.14 bits per heavy atom. The monoisotopic (exact) mass is 323 g/mol. The van der Waals surface area contributed by atoms with Gasteiger partial charge in [0.2, 0.25) is 5.91 Å². The first kappa shape index (κ1) is 15.8. The minimum atomic E-state index is -0.118. The number of benzene rings is 1. The number of amides is 1. The van der Waals surface area contributed by atoms with E-state index < -0.39 is 0 Å². The van der Waals surface area contributed by atoms with Gasteiger partial charge in [0.1, 0.15) is 0 Å². The molecule has 1 heterocycles. The summed E-state index contributed by atoms with van der Waals surface area (Å²) in [6.07, 6.45) is 2.08. The van der Waals surface area contributed by atoms with Crippen molar-refractivity contribution < 1.29 is 4.79 Å². The molecule has 21 heavy (non-hydrogen) atoms. The minimum Gasteiger partial charge on any atom is -0.325 e. The van der Waals surface area contributed by atoms with Gasteiger partial charge in [0.25, 0.3) is 0 Å². The van der Waals surface area contributed by atoms with Crippen molar-refractivity contribution in [2.75, 3.05) is 11.9 Å². The molecule has 0 bridgehead atoms. The van der Waals surface area contributed by atoms with E-state index in [0.29, 0.717) is 35.2 Å². The average Bonchev–Trinajstić information content (AvgIpc) is 2.49. The highest BCUT2D eigenvalue weighted by Gasteiger charge is 2.07. The highest BCUT2D eigenvalue weighted by atomic mass is 35.5. The van der Waals surface area contributed by atoms with E-state index in [0.717, 1.165) is 5.69 Å². The van der Waals surface area contributed by atoms with Gasteiger partial charge in [-0.3, -0.25) is 9.78 Å². The predicted octanol–water partition coefficient (Wildman–Crippen LogP) is 3.51. The van der Waals surface area contributed by atoms with Gasteiger partial charge >= 0.3 is 0 Å². The molecule has 0 aliphatic carbocycles. The zero-order valence-electron chi connectivity index (χ0n) is 11.3. The number of pyridine rings is 1. The summed E-state index contributed by atoms with van der Waals surface area (Å²) >= 11 is 11.9. The molecule has 0 spiro atoms. The molecule has 0 radical (unpaired) electrons. The SMILES string of the molecule is O=C(CCNCc1ccccn1)Nc1cccc(Cl)c1Cl. The Hall–Kier alpha value is -1.62. The molecule has 0 unspecified atom stereocenters. The Kier molecular flexibility index (Phi) is 5.99. The molecule has 0 fully saturated rings.